The summed E-state index contributed by atoms with van der Waals surface area (Å²) < 4.78 is 5.56. The molecule has 0 heterocycles. The Hall–Kier alpha value is -2.06. The molecule has 0 bridgehead atoms. The molecule has 5 nitrogen and oxygen atoms in total. The van der Waals surface area contributed by atoms with Gasteiger partial charge in [0.05, 0.1) is 18.1 Å². The van der Waals surface area contributed by atoms with Gasteiger partial charge in [-0.05, 0) is 31.0 Å². The summed E-state index contributed by atoms with van der Waals surface area (Å²) in [5.41, 5.74) is 1.33. The molecule has 118 valence electrons. The van der Waals surface area contributed by atoms with Gasteiger partial charge in [0.2, 0.25) is 0 Å². The Bertz CT molecular complexity index is 589. The van der Waals surface area contributed by atoms with E-state index in [4.69, 9.17) is 10.00 Å². The fraction of sp³-hybridized carbons (Fsp3) is 0.529. The Labute approximate surface area is 131 Å². The van der Waals surface area contributed by atoms with Crippen LogP contribution in [-0.2, 0) is 11.2 Å². The SMILES string of the molecule is CO[C@@]1(C)C[C@H](NC(=O)Nc2ccc(CC#N)cc2)C1(C)C. The Morgan fingerprint density at radius 3 is 2.50 bits per heavy atom. The van der Waals surface area contributed by atoms with Gasteiger partial charge in [0.1, 0.15) is 0 Å². The number of hydrogen-bond acceptors (Lipinski definition) is 3. The van der Waals surface area contributed by atoms with Crippen LogP contribution in [0.25, 0.3) is 0 Å². The van der Waals surface area contributed by atoms with Gasteiger partial charge in [-0.25, -0.2) is 4.79 Å². The van der Waals surface area contributed by atoms with Crippen LogP contribution in [0, 0.1) is 16.7 Å². The minimum atomic E-state index is -0.218. The topological polar surface area (TPSA) is 74.2 Å². The van der Waals surface area contributed by atoms with E-state index in [1.807, 2.05) is 12.1 Å². The first-order chi connectivity index (χ1) is 10.3. The van der Waals surface area contributed by atoms with Crippen molar-refractivity contribution in [1.29, 1.82) is 5.26 Å². The highest BCUT2D eigenvalue weighted by Crippen LogP contribution is 2.51. The number of amides is 2. The van der Waals surface area contributed by atoms with E-state index in [2.05, 4.69) is 37.5 Å². The van der Waals surface area contributed by atoms with Gasteiger partial charge >= 0.3 is 6.03 Å². The van der Waals surface area contributed by atoms with Gasteiger partial charge in [-0.3, -0.25) is 0 Å². The lowest BCUT2D eigenvalue weighted by Gasteiger charge is -2.59. The van der Waals surface area contributed by atoms with Crippen LogP contribution >= 0.6 is 0 Å². The highest BCUT2D eigenvalue weighted by atomic mass is 16.5. The maximum atomic E-state index is 12.1. The van der Waals surface area contributed by atoms with E-state index in [0.717, 1.165) is 12.0 Å². The summed E-state index contributed by atoms with van der Waals surface area (Å²) in [5.74, 6) is 0. The number of urea groups is 1. The van der Waals surface area contributed by atoms with Crippen molar-refractivity contribution in [3.63, 3.8) is 0 Å². The van der Waals surface area contributed by atoms with Crippen molar-refractivity contribution in [2.24, 2.45) is 5.41 Å². The first-order valence-electron chi connectivity index (χ1n) is 7.41. The summed E-state index contributed by atoms with van der Waals surface area (Å²) in [6, 6.07) is 9.25. The highest BCUT2D eigenvalue weighted by Gasteiger charge is 2.58. The molecule has 0 unspecified atom stereocenters. The first kappa shape index (κ1) is 16.3. The lowest BCUT2D eigenvalue weighted by molar-refractivity contribution is -0.177. The smallest absolute Gasteiger partial charge is 0.319 e. The number of hydrogen-bond donors (Lipinski definition) is 2. The maximum absolute atomic E-state index is 12.1. The quantitative estimate of drug-likeness (QED) is 0.897. The number of carbonyl (C=O) groups excluding carboxylic acids is 1. The largest absolute Gasteiger partial charge is 0.378 e. The fourth-order valence-electron chi connectivity index (χ4n) is 2.85. The van der Waals surface area contributed by atoms with Gasteiger partial charge in [0.15, 0.2) is 0 Å². The molecule has 2 N–H and O–H groups in total. The van der Waals surface area contributed by atoms with Crippen LogP contribution in [0.1, 0.15) is 32.8 Å². The van der Waals surface area contributed by atoms with Crippen molar-refractivity contribution < 1.29 is 9.53 Å². The number of nitriles is 1. The standard InChI is InChI=1S/C17H23N3O2/c1-16(2)14(11-17(16,3)22-4)20-15(21)19-13-7-5-12(6-8-13)9-10-18/h5-8,14H,9,11H2,1-4H3,(H2,19,20,21)/t14-,17-/m0/s1. The number of nitrogens with zero attached hydrogens (tertiary/aromatic N) is 1. The Kier molecular flexibility index (Phi) is 4.43. The molecular weight excluding hydrogens is 278 g/mol. The molecule has 2 rings (SSSR count). The second kappa shape index (κ2) is 5.98. The third-order valence-corrected chi connectivity index (χ3v) is 5.08. The molecule has 1 fully saturated rings. The predicted molar refractivity (Wildman–Crippen MR) is 85.5 cm³/mol. The van der Waals surface area contributed by atoms with Gasteiger partial charge in [0.25, 0.3) is 0 Å². The number of nitrogens with one attached hydrogen (secondary N) is 2. The number of rotatable bonds is 4. The fourth-order valence-corrected chi connectivity index (χ4v) is 2.85. The lowest BCUT2D eigenvalue weighted by Crippen LogP contribution is -2.68. The van der Waals surface area contributed by atoms with E-state index in [1.54, 1.807) is 19.2 Å². The van der Waals surface area contributed by atoms with Crippen LogP contribution in [-0.4, -0.2) is 24.8 Å². The second-order valence-electron chi connectivity index (χ2n) is 6.54. The molecule has 0 aromatic heterocycles. The Morgan fingerprint density at radius 2 is 2.00 bits per heavy atom. The lowest BCUT2D eigenvalue weighted by atomic mass is 9.56. The van der Waals surface area contributed by atoms with Crippen molar-refractivity contribution in [3.05, 3.63) is 29.8 Å². The average molecular weight is 301 g/mol. The van der Waals surface area contributed by atoms with E-state index >= 15 is 0 Å². The molecule has 22 heavy (non-hydrogen) atoms. The molecule has 2 atom stereocenters. The third-order valence-electron chi connectivity index (χ3n) is 5.08. The van der Waals surface area contributed by atoms with Gasteiger partial charge < -0.3 is 15.4 Å². The predicted octanol–water partition coefficient (Wildman–Crippen LogP) is 3.08. The summed E-state index contributed by atoms with van der Waals surface area (Å²) in [4.78, 5) is 12.1. The Balaban J connectivity index is 1.90. The molecule has 1 aromatic carbocycles. The summed E-state index contributed by atoms with van der Waals surface area (Å²) in [6.07, 6.45) is 1.17. The zero-order valence-corrected chi connectivity index (χ0v) is 13.6. The van der Waals surface area contributed by atoms with Crippen molar-refractivity contribution >= 4 is 11.7 Å². The minimum absolute atomic E-state index is 0.0790. The molecule has 0 spiro atoms. The monoisotopic (exact) mass is 301 g/mol. The molecule has 1 saturated carbocycles. The zero-order valence-electron chi connectivity index (χ0n) is 13.6. The molecule has 5 heteroatoms. The van der Waals surface area contributed by atoms with Crippen molar-refractivity contribution in [2.75, 3.05) is 12.4 Å². The summed E-state index contributed by atoms with van der Waals surface area (Å²) >= 11 is 0. The summed E-state index contributed by atoms with van der Waals surface area (Å²) in [7, 11) is 1.71. The number of benzene rings is 1. The second-order valence-corrected chi connectivity index (χ2v) is 6.54. The molecule has 0 radical (unpaired) electrons. The number of methoxy groups -OCH3 is 1. The number of anilines is 1. The molecular formula is C17H23N3O2. The number of ether oxygens (including phenoxy) is 1. The van der Waals surface area contributed by atoms with Crippen LogP contribution in [0.5, 0.6) is 0 Å². The highest BCUT2D eigenvalue weighted by molar-refractivity contribution is 5.89. The van der Waals surface area contributed by atoms with Crippen LogP contribution in [0.3, 0.4) is 0 Å². The zero-order chi connectivity index (χ0) is 16.4. The van der Waals surface area contributed by atoms with E-state index in [-0.39, 0.29) is 23.1 Å². The minimum Gasteiger partial charge on any atom is -0.378 e. The van der Waals surface area contributed by atoms with Crippen LogP contribution < -0.4 is 10.6 Å². The van der Waals surface area contributed by atoms with Crippen LogP contribution in [0.4, 0.5) is 10.5 Å². The molecule has 2 amide bonds. The molecule has 1 aromatic rings. The van der Waals surface area contributed by atoms with Crippen molar-refractivity contribution in [3.8, 4) is 6.07 Å². The van der Waals surface area contributed by atoms with Crippen LogP contribution in [0.15, 0.2) is 24.3 Å². The molecule has 0 saturated heterocycles. The maximum Gasteiger partial charge on any atom is 0.319 e. The molecule has 1 aliphatic rings. The first-order valence-corrected chi connectivity index (χ1v) is 7.41. The van der Waals surface area contributed by atoms with Gasteiger partial charge in [-0.1, -0.05) is 26.0 Å². The van der Waals surface area contributed by atoms with Crippen molar-refractivity contribution in [2.45, 2.75) is 45.3 Å². The molecule has 1 aliphatic carbocycles. The van der Waals surface area contributed by atoms with Crippen molar-refractivity contribution in [1.82, 2.24) is 5.32 Å². The summed E-state index contributed by atoms with van der Waals surface area (Å²) in [5, 5.41) is 14.5. The normalized spacial score (nSPS) is 25.7. The molecule has 0 aliphatic heterocycles. The average Bonchev–Trinajstić information content (AvgIpc) is 2.48. The van der Waals surface area contributed by atoms with Crippen LogP contribution in [0.2, 0.25) is 0 Å². The van der Waals surface area contributed by atoms with E-state index < -0.39 is 0 Å². The Morgan fingerprint density at radius 1 is 1.36 bits per heavy atom. The van der Waals surface area contributed by atoms with Gasteiger partial charge in [-0.15, -0.1) is 0 Å². The van der Waals surface area contributed by atoms with E-state index in [0.29, 0.717) is 12.1 Å². The third kappa shape index (κ3) is 2.93. The summed E-state index contributed by atoms with van der Waals surface area (Å²) in [6.45, 7) is 6.26. The van der Waals surface area contributed by atoms with E-state index in [1.165, 1.54) is 0 Å². The van der Waals surface area contributed by atoms with E-state index in [9.17, 15) is 4.79 Å². The van der Waals surface area contributed by atoms with Gasteiger partial charge in [0, 0.05) is 24.3 Å². The number of carbonyl (C=O) groups is 1. The van der Waals surface area contributed by atoms with Gasteiger partial charge in [-0.2, -0.15) is 5.26 Å².